The number of hydrogen-bond donors (Lipinski definition) is 1. The first-order valence-electron chi connectivity index (χ1n) is 8.06. The van der Waals surface area contributed by atoms with Crippen molar-refractivity contribution >= 4 is 11.6 Å². The van der Waals surface area contributed by atoms with E-state index in [4.69, 9.17) is 4.42 Å². The molecule has 1 N–H and O–H groups in total. The maximum Gasteiger partial charge on any atom is 0.433 e. The lowest BCUT2D eigenvalue weighted by atomic mass is 10.0. The molecule has 5 nitrogen and oxygen atoms in total. The SMILES string of the molecule is Cc1cc(CCC(C)C)oc(=O)c1C(=O)Nc1ccc(C(F)(F)F)nc1. The third kappa shape index (κ3) is 4.93. The van der Waals surface area contributed by atoms with E-state index in [1.165, 1.54) is 0 Å². The third-order valence-electron chi connectivity index (χ3n) is 3.71. The van der Waals surface area contributed by atoms with Gasteiger partial charge in [-0.05, 0) is 43.0 Å². The Kier molecular flexibility index (Phi) is 5.84. The summed E-state index contributed by atoms with van der Waals surface area (Å²) in [5, 5.41) is 2.36. The molecule has 2 aromatic rings. The number of hydrogen-bond acceptors (Lipinski definition) is 4. The van der Waals surface area contributed by atoms with Gasteiger partial charge in [-0.25, -0.2) is 9.78 Å². The molecule has 0 aromatic carbocycles. The van der Waals surface area contributed by atoms with Gasteiger partial charge in [-0.2, -0.15) is 13.2 Å². The molecule has 0 unspecified atom stereocenters. The van der Waals surface area contributed by atoms with Crippen LogP contribution in [-0.4, -0.2) is 10.9 Å². The summed E-state index contributed by atoms with van der Waals surface area (Å²) in [6.45, 7) is 5.70. The average molecular weight is 368 g/mol. The molecule has 26 heavy (non-hydrogen) atoms. The number of nitrogens with one attached hydrogen (secondary N) is 1. The van der Waals surface area contributed by atoms with E-state index in [9.17, 15) is 22.8 Å². The monoisotopic (exact) mass is 368 g/mol. The van der Waals surface area contributed by atoms with Crippen molar-refractivity contribution in [1.29, 1.82) is 0 Å². The van der Waals surface area contributed by atoms with Crippen LogP contribution in [0.3, 0.4) is 0 Å². The second-order valence-corrected chi connectivity index (χ2v) is 6.37. The molecule has 0 fully saturated rings. The fourth-order valence-electron chi connectivity index (χ4n) is 2.33. The number of aromatic nitrogens is 1. The largest absolute Gasteiger partial charge is 0.433 e. The van der Waals surface area contributed by atoms with Crippen molar-refractivity contribution in [2.45, 2.75) is 39.8 Å². The number of halogens is 3. The fraction of sp³-hybridized carbons (Fsp3) is 0.389. The lowest BCUT2D eigenvalue weighted by Gasteiger charge is -2.10. The van der Waals surface area contributed by atoms with Gasteiger partial charge < -0.3 is 9.73 Å². The van der Waals surface area contributed by atoms with Gasteiger partial charge in [-0.3, -0.25) is 4.79 Å². The quantitative estimate of drug-likeness (QED) is 0.858. The topological polar surface area (TPSA) is 72.2 Å². The zero-order valence-corrected chi connectivity index (χ0v) is 14.6. The Morgan fingerprint density at radius 2 is 2.00 bits per heavy atom. The first-order valence-corrected chi connectivity index (χ1v) is 8.06. The third-order valence-corrected chi connectivity index (χ3v) is 3.71. The smallest absolute Gasteiger partial charge is 0.427 e. The van der Waals surface area contributed by atoms with E-state index < -0.39 is 23.4 Å². The van der Waals surface area contributed by atoms with Crippen LogP contribution < -0.4 is 10.9 Å². The van der Waals surface area contributed by atoms with Crippen LogP contribution in [0.5, 0.6) is 0 Å². The van der Waals surface area contributed by atoms with E-state index in [1.807, 2.05) is 13.8 Å². The summed E-state index contributed by atoms with van der Waals surface area (Å²) in [7, 11) is 0. The minimum Gasteiger partial charge on any atom is -0.427 e. The Morgan fingerprint density at radius 1 is 1.31 bits per heavy atom. The number of rotatable bonds is 5. The molecule has 8 heteroatoms. The van der Waals surface area contributed by atoms with Crippen molar-refractivity contribution in [3.8, 4) is 0 Å². The molecule has 0 bridgehead atoms. The molecule has 2 aromatic heterocycles. The number of alkyl halides is 3. The molecule has 0 aliphatic carbocycles. The summed E-state index contributed by atoms with van der Waals surface area (Å²) < 4.78 is 42.7. The molecule has 2 rings (SSSR count). The van der Waals surface area contributed by atoms with E-state index in [2.05, 4.69) is 10.3 Å². The fourth-order valence-corrected chi connectivity index (χ4v) is 2.33. The van der Waals surface area contributed by atoms with Gasteiger partial charge in [-0.15, -0.1) is 0 Å². The minimum absolute atomic E-state index is 0.0469. The Morgan fingerprint density at radius 3 is 2.50 bits per heavy atom. The molecule has 1 amide bonds. The van der Waals surface area contributed by atoms with Crippen molar-refractivity contribution in [2.24, 2.45) is 5.92 Å². The Balaban J connectivity index is 2.18. The standard InChI is InChI=1S/C18H19F3N2O3/c1-10(2)4-6-13-8-11(3)15(17(25)26-13)16(24)23-12-5-7-14(22-9-12)18(19,20)21/h5,7-10H,4,6H2,1-3H3,(H,23,24). The summed E-state index contributed by atoms with van der Waals surface area (Å²) in [5.41, 5.74) is -1.54. The zero-order valence-electron chi connectivity index (χ0n) is 14.6. The highest BCUT2D eigenvalue weighted by atomic mass is 19.4. The number of nitrogens with zero attached hydrogens (tertiary/aromatic N) is 1. The first-order chi connectivity index (χ1) is 12.1. The van der Waals surface area contributed by atoms with E-state index in [0.717, 1.165) is 24.8 Å². The molecule has 0 aliphatic rings. The van der Waals surface area contributed by atoms with Crippen molar-refractivity contribution < 1.29 is 22.4 Å². The van der Waals surface area contributed by atoms with E-state index in [0.29, 0.717) is 23.7 Å². The summed E-state index contributed by atoms with van der Waals surface area (Å²) in [5.74, 6) is 0.179. The number of carbonyl (C=O) groups excluding carboxylic acids is 1. The number of amides is 1. The normalized spacial score (nSPS) is 11.7. The van der Waals surface area contributed by atoms with Crippen molar-refractivity contribution in [3.05, 3.63) is 57.4 Å². The van der Waals surface area contributed by atoms with Crippen LogP contribution >= 0.6 is 0 Å². The van der Waals surface area contributed by atoms with E-state index >= 15 is 0 Å². The maximum atomic E-state index is 12.5. The van der Waals surface area contributed by atoms with Crippen LogP contribution in [0.25, 0.3) is 0 Å². The van der Waals surface area contributed by atoms with Crippen LogP contribution in [0.4, 0.5) is 18.9 Å². The molecular formula is C18H19F3N2O3. The first kappa shape index (κ1) is 19.7. The van der Waals surface area contributed by atoms with E-state index in [-0.39, 0.29) is 11.3 Å². The molecule has 0 radical (unpaired) electrons. The summed E-state index contributed by atoms with van der Waals surface area (Å²) in [4.78, 5) is 27.7. The lowest BCUT2D eigenvalue weighted by molar-refractivity contribution is -0.141. The average Bonchev–Trinajstić information content (AvgIpc) is 2.52. The van der Waals surface area contributed by atoms with Crippen molar-refractivity contribution in [3.63, 3.8) is 0 Å². The molecule has 0 saturated carbocycles. The molecule has 0 saturated heterocycles. The predicted octanol–water partition coefficient (Wildman–Crippen LogP) is 4.20. The number of carbonyl (C=O) groups is 1. The minimum atomic E-state index is -4.56. The van der Waals surface area contributed by atoms with Gasteiger partial charge in [0.05, 0.1) is 11.9 Å². The lowest BCUT2D eigenvalue weighted by Crippen LogP contribution is -2.23. The maximum absolute atomic E-state index is 12.5. The highest BCUT2D eigenvalue weighted by Gasteiger charge is 2.32. The molecule has 0 spiro atoms. The Labute approximate surface area is 148 Å². The van der Waals surface area contributed by atoms with Gasteiger partial charge in [0.15, 0.2) is 0 Å². The second-order valence-electron chi connectivity index (χ2n) is 6.37. The van der Waals surface area contributed by atoms with Crippen molar-refractivity contribution in [1.82, 2.24) is 4.98 Å². The number of pyridine rings is 1. The van der Waals surface area contributed by atoms with Crippen LogP contribution in [-0.2, 0) is 12.6 Å². The molecule has 0 aliphatic heterocycles. The number of anilines is 1. The summed E-state index contributed by atoms with van der Waals surface area (Å²) in [6.07, 6.45) is -2.26. The van der Waals surface area contributed by atoms with Gasteiger partial charge in [0.1, 0.15) is 17.0 Å². The highest BCUT2D eigenvalue weighted by Crippen LogP contribution is 2.27. The summed E-state index contributed by atoms with van der Waals surface area (Å²) in [6, 6.07) is 3.45. The molecule has 2 heterocycles. The van der Waals surface area contributed by atoms with Gasteiger partial charge >= 0.3 is 11.8 Å². The summed E-state index contributed by atoms with van der Waals surface area (Å²) >= 11 is 0. The zero-order chi connectivity index (χ0) is 19.5. The molecule has 140 valence electrons. The van der Waals surface area contributed by atoms with Crippen LogP contribution in [0.15, 0.2) is 33.6 Å². The Bertz CT molecular complexity index is 840. The second kappa shape index (κ2) is 7.72. The van der Waals surface area contributed by atoms with Gasteiger partial charge in [0.2, 0.25) is 0 Å². The predicted molar refractivity (Wildman–Crippen MR) is 90.1 cm³/mol. The van der Waals surface area contributed by atoms with Gasteiger partial charge in [-0.1, -0.05) is 13.8 Å². The van der Waals surface area contributed by atoms with Crippen molar-refractivity contribution in [2.75, 3.05) is 5.32 Å². The van der Waals surface area contributed by atoms with Gasteiger partial charge in [0, 0.05) is 6.42 Å². The van der Waals surface area contributed by atoms with Crippen LogP contribution in [0, 0.1) is 12.8 Å². The Hall–Kier alpha value is -2.64. The number of aryl methyl sites for hydroxylation is 2. The molecule has 0 atom stereocenters. The van der Waals surface area contributed by atoms with Gasteiger partial charge in [0.25, 0.3) is 5.91 Å². The van der Waals surface area contributed by atoms with E-state index in [1.54, 1.807) is 13.0 Å². The van der Waals surface area contributed by atoms with Crippen LogP contribution in [0.2, 0.25) is 0 Å². The van der Waals surface area contributed by atoms with Crippen LogP contribution in [0.1, 0.15) is 47.6 Å². The highest BCUT2D eigenvalue weighted by molar-refractivity contribution is 6.04. The molecular weight excluding hydrogens is 349 g/mol.